The molecule has 2 atom stereocenters. The van der Waals surface area contributed by atoms with Crippen LogP contribution in [-0.2, 0) is 20.9 Å². The van der Waals surface area contributed by atoms with E-state index in [4.69, 9.17) is 16.3 Å². The van der Waals surface area contributed by atoms with Crippen LogP contribution in [0.2, 0.25) is 5.02 Å². The van der Waals surface area contributed by atoms with Crippen LogP contribution in [0.3, 0.4) is 0 Å². The van der Waals surface area contributed by atoms with Gasteiger partial charge in [-0.1, -0.05) is 36.7 Å². The molecule has 0 radical (unpaired) electrons. The van der Waals surface area contributed by atoms with Crippen LogP contribution >= 0.6 is 23.4 Å². The first-order valence-corrected chi connectivity index (χ1v) is 9.27. The highest BCUT2D eigenvalue weighted by Crippen LogP contribution is 2.42. The third kappa shape index (κ3) is 3.57. The third-order valence-electron chi connectivity index (χ3n) is 4.29. The van der Waals surface area contributed by atoms with E-state index in [0.29, 0.717) is 5.56 Å². The van der Waals surface area contributed by atoms with Gasteiger partial charge in [-0.25, -0.2) is 4.39 Å². The first kappa shape index (κ1) is 18.7. The Morgan fingerprint density at radius 2 is 2.08 bits per heavy atom. The van der Waals surface area contributed by atoms with Crippen LogP contribution in [0.15, 0.2) is 47.4 Å². The van der Waals surface area contributed by atoms with Crippen LogP contribution < -0.4 is 4.90 Å². The number of fused-ring (bicyclic) bond motifs is 1. The number of anilines is 1. The monoisotopic (exact) mass is 393 g/mol. The maximum absolute atomic E-state index is 13.3. The molecule has 0 N–H and O–H groups in total. The summed E-state index contributed by atoms with van der Waals surface area (Å²) in [6.07, 6.45) is 0. The number of para-hydroxylation sites is 1. The normalized spacial score (nSPS) is 17.6. The molecule has 0 saturated carbocycles. The number of carbonyl (C=O) groups excluding carboxylic acids is 2. The molecule has 0 fully saturated rings. The number of thioether (sulfide) groups is 1. The summed E-state index contributed by atoms with van der Waals surface area (Å²) in [6.45, 7) is 1.87. The lowest BCUT2D eigenvalue weighted by atomic mass is 10.1. The Balaban J connectivity index is 1.98. The average Bonchev–Trinajstić information content (AvgIpc) is 2.64. The highest BCUT2D eigenvalue weighted by atomic mass is 35.5. The van der Waals surface area contributed by atoms with Crippen LogP contribution in [0.5, 0.6) is 0 Å². The minimum Gasteiger partial charge on any atom is -0.469 e. The van der Waals surface area contributed by atoms with Gasteiger partial charge >= 0.3 is 5.97 Å². The van der Waals surface area contributed by atoms with E-state index >= 15 is 0 Å². The Labute approximate surface area is 160 Å². The maximum atomic E-state index is 13.3. The number of methoxy groups -OCH3 is 1. The molecular formula is C19H17ClFNO3S. The Kier molecular flexibility index (Phi) is 5.53. The topological polar surface area (TPSA) is 46.6 Å². The summed E-state index contributed by atoms with van der Waals surface area (Å²) in [5, 5.41) is -0.345. The van der Waals surface area contributed by atoms with E-state index in [1.165, 1.54) is 31.0 Å². The summed E-state index contributed by atoms with van der Waals surface area (Å²) in [5.74, 6) is -1.67. The van der Waals surface area contributed by atoms with Crippen LogP contribution in [0.1, 0.15) is 12.5 Å². The molecule has 3 rings (SSSR count). The van der Waals surface area contributed by atoms with Crippen LogP contribution in [0.4, 0.5) is 10.1 Å². The first-order valence-electron chi connectivity index (χ1n) is 8.01. The lowest BCUT2D eigenvalue weighted by Gasteiger charge is -2.35. The van der Waals surface area contributed by atoms with Crippen molar-refractivity contribution in [2.24, 2.45) is 5.92 Å². The fourth-order valence-corrected chi connectivity index (χ4v) is 4.35. The van der Waals surface area contributed by atoms with E-state index in [-0.39, 0.29) is 17.5 Å². The molecule has 1 aliphatic heterocycles. The van der Waals surface area contributed by atoms with Gasteiger partial charge in [-0.3, -0.25) is 9.59 Å². The molecular weight excluding hydrogens is 377 g/mol. The van der Waals surface area contributed by atoms with Gasteiger partial charge < -0.3 is 9.64 Å². The lowest BCUT2D eigenvalue weighted by molar-refractivity contribution is -0.146. The fraction of sp³-hybridized carbons (Fsp3) is 0.263. The third-order valence-corrected chi connectivity index (χ3v) is 6.10. The zero-order valence-corrected chi connectivity index (χ0v) is 15.8. The molecule has 0 saturated heterocycles. The number of hydrogen-bond donors (Lipinski definition) is 0. The molecule has 1 heterocycles. The van der Waals surface area contributed by atoms with Gasteiger partial charge in [0.05, 0.1) is 25.3 Å². The molecule has 1 aliphatic rings. The van der Waals surface area contributed by atoms with Crippen LogP contribution in [0, 0.1) is 11.7 Å². The van der Waals surface area contributed by atoms with Gasteiger partial charge in [0.2, 0.25) is 5.91 Å². The number of benzene rings is 2. The number of rotatable bonds is 4. The average molecular weight is 394 g/mol. The second-order valence-corrected chi connectivity index (χ2v) is 7.57. The number of hydrogen-bond acceptors (Lipinski definition) is 4. The number of halogens is 2. The number of ether oxygens (including phenoxy) is 1. The summed E-state index contributed by atoms with van der Waals surface area (Å²) in [6, 6.07) is 11.6. The van der Waals surface area contributed by atoms with Gasteiger partial charge in [0.25, 0.3) is 0 Å². The molecule has 0 spiro atoms. The van der Waals surface area contributed by atoms with Crippen molar-refractivity contribution in [1.82, 2.24) is 0 Å². The molecule has 4 nitrogen and oxygen atoms in total. The summed E-state index contributed by atoms with van der Waals surface area (Å²) in [7, 11) is 1.31. The second-order valence-electron chi connectivity index (χ2n) is 5.98. The molecule has 136 valence electrons. The zero-order valence-electron chi connectivity index (χ0n) is 14.2. The van der Waals surface area contributed by atoms with E-state index in [0.717, 1.165) is 10.6 Å². The maximum Gasteiger partial charge on any atom is 0.310 e. The number of carbonyl (C=O) groups is 2. The Morgan fingerprint density at radius 1 is 1.35 bits per heavy atom. The van der Waals surface area contributed by atoms with Crippen molar-refractivity contribution in [3.63, 3.8) is 0 Å². The Bertz CT molecular complexity index is 860. The Morgan fingerprint density at radius 3 is 2.77 bits per heavy atom. The van der Waals surface area contributed by atoms with Crippen molar-refractivity contribution in [2.75, 3.05) is 12.0 Å². The van der Waals surface area contributed by atoms with E-state index in [2.05, 4.69) is 0 Å². The van der Waals surface area contributed by atoms with Crippen molar-refractivity contribution >= 4 is 40.9 Å². The molecule has 2 aromatic rings. The number of amides is 1. The van der Waals surface area contributed by atoms with E-state index in [1.807, 2.05) is 24.3 Å². The molecule has 0 bridgehead atoms. The van der Waals surface area contributed by atoms with Gasteiger partial charge in [-0.05, 0) is 29.8 Å². The molecule has 0 unspecified atom stereocenters. The van der Waals surface area contributed by atoms with Gasteiger partial charge in [0.15, 0.2) is 0 Å². The number of esters is 1. The molecule has 1 amide bonds. The predicted octanol–water partition coefficient (Wildman–Crippen LogP) is 4.30. The zero-order chi connectivity index (χ0) is 18.8. The molecule has 0 aromatic heterocycles. The highest BCUT2D eigenvalue weighted by molar-refractivity contribution is 8.01. The predicted molar refractivity (Wildman–Crippen MR) is 99.9 cm³/mol. The van der Waals surface area contributed by atoms with Gasteiger partial charge in [0.1, 0.15) is 11.1 Å². The summed E-state index contributed by atoms with van der Waals surface area (Å²) in [4.78, 5) is 27.6. The van der Waals surface area contributed by atoms with Crippen molar-refractivity contribution < 1.29 is 18.7 Å². The second kappa shape index (κ2) is 7.68. The van der Waals surface area contributed by atoms with Crippen molar-refractivity contribution in [3.8, 4) is 0 Å². The molecule has 2 aromatic carbocycles. The minimum absolute atomic E-state index is 0.194. The van der Waals surface area contributed by atoms with Crippen LogP contribution in [-0.4, -0.2) is 24.2 Å². The SMILES string of the molecule is COC(=O)[C@H](C)[C@H]1Sc2ccccc2N(Cc2ccc(F)cc2Cl)C1=O. The lowest BCUT2D eigenvalue weighted by Crippen LogP contribution is -2.45. The van der Waals surface area contributed by atoms with Crippen LogP contribution in [0.25, 0.3) is 0 Å². The fourth-order valence-electron chi connectivity index (χ4n) is 2.85. The van der Waals surface area contributed by atoms with Crippen molar-refractivity contribution in [2.45, 2.75) is 23.6 Å². The number of nitrogens with zero attached hydrogens (tertiary/aromatic N) is 1. The summed E-state index contributed by atoms with van der Waals surface area (Å²) >= 11 is 7.49. The highest BCUT2D eigenvalue weighted by Gasteiger charge is 2.40. The standard InChI is InChI=1S/C19H17ClFNO3S/c1-11(19(24)25-2)17-18(23)22(15-5-3-4-6-16(15)26-17)10-12-7-8-13(21)9-14(12)20/h3-9,11,17H,10H2,1-2H3/t11-,17-/m1/s1. The van der Waals surface area contributed by atoms with E-state index in [9.17, 15) is 14.0 Å². The molecule has 0 aliphatic carbocycles. The molecule has 26 heavy (non-hydrogen) atoms. The largest absolute Gasteiger partial charge is 0.469 e. The van der Waals surface area contributed by atoms with Crippen molar-refractivity contribution in [3.05, 3.63) is 58.9 Å². The quantitative estimate of drug-likeness (QED) is 0.727. The van der Waals surface area contributed by atoms with Gasteiger partial charge in [-0.2, -0.15) is 0 Å². The van der Waals surface area contributed by atoms with E-state index < -0.39 is 23.0 Å². The molecule has 7 heteroatoms. The minimum atomic E-state index is -0.600. The first-order chi connectivity index (χ1) is 12.4. The smallest absolute Gasteiger partial charge is 0.310 e. The van der Waals surface area contributed by atoms with E-state index in [1.54, 1.807) is 17.9 Å². The van der Waals surface area contributed by atoms with Gasteiger partial charge in [0, 0.05) is 9.92 Å². The summed E-state index contributed by atoms with van der Waals surface area (Å²) < 4.78 is 18.1. The summed E-state index contributed by atoms with van der Waals surface area (Å²) in [5.41, 5.74) is 1.38. The van der Waals surface area contributed by atoms with Crippen molar-refractivity contribution in [1.29, 1.82) is 0 Å². The van der Waals surface area contributed by atoms with Gasteiger partial charge in [-0.15, -0.1) is 11.8 Å². The Hall–Kier alpha value is -2.05.